The Labute approximate surface area is 223 Å². The summed E-state index contributed by atoms with van der Waals surface area (Å²) < 4.78 is 9.98. The highest BCUT2D eigenvalue weighted by Gasteiger charge is 2.42. The molecule has 0 heterocycles. The lowest BCUT2D eigenvalue weighted by atomic mass is 9.87. The van der Waals surface area contributed by atoms with Gasteiger partial charge in [-0.1, -0.05) is 18.2 Å². The molecule has 0 aromatic heterocycles. The van der Waals surface area contributed by atoms with E-state index >= 15 is 0 Å². The standard InChI is InChI=1S/C27H40N4O7/c1-16-10-11-18(14-17(16)2)23(24(34)29-15-22(33)37-6)31(19-8-7-9-19)25(35)20(12-13-21(28)32)30-26(36)38-27(3,4)5/h10-11,14,19-20,23H,7-9,12-13,15H2,1-6H3,(H2,28,32)(H,29,34)(H,30,36). The van der Waals surface area contributed by atoms with Crippen LogP contribution < -0.4 is 16.4 Å². The van der Waals surface area contributed by atoms with Crippen molar-refractivity contribution in [2.75, 3.05) is 13.7 Å². The number of carbonyl (C=O) groups is 5. The predicted molar refractivity (Wildman–Crippen MR) is 140 cm³/mol. The van der Waals surface area contributed by atoms with Crippen molar-refractivity contribution in [2.45, 2.75) is 90.4 Å². The molecule has 0 spiro atoms. The van der Waals surface area contributed by atoms with E-state index in [0.717, 1.165) is 17.5 Å². The van der Waals surface area contributed by atoms with Gasteiger partial charge in [0, 0.05) is 12.5 Å². The zero-order chi connectivity index (χ0) is 28.6. The molecule has 2 atom stereocenters. The summed E-state index contributed by atoms with van der Waals surface area (Å²) in [6.07, 6.45) is 1.13. The highest BCUT2D eigenvalue weighted by molar-refractivity contribution is 5.93. The minimum Gasteiger partial charge on any atom is -0.468 e. The maximum atomic E-state index is 14.1. The number of nitrogens with zero attached hydrogens (tertiary/aromatic N) is 1. The minimum absolute atomic E-state index is 0.0694. The third-order valence-electron chi connectivity index (χ3n) is 6.40. The van der Waals surface area contributed by atoms with Crippen molar-refractivity contribution < 1.29 is 33.4 Å². The van der Waals surface area contributed by atoms with E-state index in [4.69, 9.17) is 10.5 Å². The Morgan fingerprint density at radius 3 is 2.26 bits per heavy atom. The number of ether oxygens (including phenoxy) is 2. The number of primary amides is 1. The Hall–Kier alpha value is -3.63. The number of aryl methyl sites for hydroxylation is 2. The Balaban J connectivity index is 2.51. The van der Waals surface area contributed by atoms with Crippen molar-refractivity contribution in [3.05, 3.63) is 34.9 Å². The Morgan fingerprint density at radius 2 is 1.76 bits per heavy atom. The second-order valence-corrected chi connectivity index (χ2v) is 10.6. The van der Waals surface area contributed by atoms with Crippen LogP contribution in [0, 0.1) is 13.8 Å². The SMILES string of the molecule is COC(=O)CNC(=O)C(c1ccc(C)c(C)c1)N(C(=O)C(CCC(N)=O)NC(=O)OC(C)(C)C)C1CCC1. The van der Waals surface area contributed by atoms with Gasteiger partial charge in [-0.05, 0) is 77.0 Å². The fourth-order valence-electron chi connectivity index (χ4n) is 4.06. The highest BCUT2D eigenvalue weighted by atomic mass is 16.6. The van der Waals surface area contributed by atoms with Gasteiger partial charge >= 0.3 is 12.1 Å². The van der Waals surface area contributed by atoms with Gasteiger partial charge in [-0.15, -0.1) is 0 Å². The molecule has 11 nitrogen and oxygen atoms in total. The molecule has 2 unspecified atom stereocenters. The number of hydrogen-bond acceptors (Lipinski definition) is 7. The molecular weight excluding hydrogens is 492 g/mol. The molecule has 210 valence electrons. The molecule has 11 heteroatoms. The first-order valence-corrected chi connectivity index (χ1v) is 12.7. The van der Waals surface area contributed by atoms with Crippen LogP contribution in [0.4, 0.5) is 4.79 Å². The van der Waals surface area contributed by atoms with Crippen molar-refractivity contribution >= 4 is 29.8 Å². The fraction of sp³-hybridized carbons (Fsp3) is 0.593. The van der Waals surface area contributed by atoms with Crippen molar-refractivity contribution in [2.24, 2.45) is 5.73 Å². The molecule has 38 heavy (non-hydrogen) atoms. The third-order valence-corrected chi connectivity index (χ3v) is 6.40. The predicted octanol–water partition coefficient (Wildman–Crippen LogP) is 2.17. The molecule has 0 saturated heterocycles. The van der Waals surface area contributed by atoms with Crippen molar-refractivity contribution in [3.8, 4) is 0 Å². The Kier molecular flexibility index (Phi) is 10.7. The number of nitrogens with two attached hydrogens (primary N) is 1. The summed E-state index contributed by atoms with van der Waals surface area (Å²) in [7, 11) is 1.21. The quantitative estimate of drug-likeness (QED) is 0.369. The number of amides is 4. The first kappa shape index (κ1) is 30.6. The number of carbonyl (C=O) groups excluding carboxylic acids is 5. The lowest BCUT2D eigenvalue weighted by Gasteiger charge is -2.43. The zero-order valence-electron chi connectivity index (χ0n) is 23.1. The summed E-state index contributed by atoms with van der Waals surface area (Å²) in [6, 6.07) is 2.92. The Bertz CT molecular complexity index is 1050. The molecule has 1 aromatic rings. The van der Waals surface area contributed by atoms with Gasteiger partial charge in [0.25, 0.3) is 0 Å². The lowest BCUT2D eigenvalue weighted by molar-refractivity contribution is -0.148. The van der Waals surface area contributed by atoms with Crippen LogP contribution in [0.25, 0.3) is 0 Å². The summed E-state index contributed by atoms with van der Waals surface area (Å²) in [6.45, 7) is 8.53. The van der Waals surface area contributed by atoms with Crippen LogP contribution in [-0.4, -0.2) is 66.0 Å². The molecule has 4 N–H and O–H groups in total. The van der Waals surface area contributed by atoms with Gasteiger partial charge in [-0.3, -0.25) is 19.2 Å². The van der Waals surface area contributed by atoms with Crippen LogP contribution in [-0.2, 0) is 28.7 Å². The van der Waals surface area contributed by atoms with E-state index < -0.39 is 47.5 Å². The molecule has 1 fully saturated rings. The van der Waals surface area contributed by atoms with Crippen molar-refractivity contribution in [3.63, 3.8) is 0 Å². The van der Waals surface area contributed by atoms with Gasteiger partial charge in [0.1, 0.15) is 24.2 Å². The van der Waals surface area contributed by atoms with E-state index in [1.54, 1.807) is 26.8 Å². The first-order valence-electron chi connectivity index (χ1n) is 12.7. The van der Waals surface area contributed by atoms with Crippen molar-refractivity contribution in [1.82, 2.24) is 15.5 Å². The molecule has 1 saturated carbocycles. The molecule has 0 aliphatic heterocycles. The summed E-state index contributed by atoms with van der Waals surface area (Å²) in [5.41, 5.74) is 7.02. The lowest BCUT2D eigenvalue weighted by Crippen LogP contribution is -2.57. The van der Waals surface area contributed by atoms with E-state index in [9.17, 15) is 24.0 Å². The number of nitrogens with one attached hydrogen (secondary N) is 2. The van der Waals surface area contributed by atoms with Gasteiger partial charge in [0.05, 0.1) is 7.11 Å². The Morgan fingerprint density at radius 1 is 1.11 bits per heavy atom. The second kappa shape index (κ2) is 13.3. The average molecular weight is 533 g/mol. The van der Waals surface area contributed by atoms with E-state index in [0.29, 0.717) is 18.4 Å². The van der Waals surface area contributed by atoms with Gasteiger partial charge < -0.3 is 30.7 Å². The summed E-state index contributed by atoms with van der Waals surface area (Å²) >= 11 is 0. The van der Waals surface area contributed by atoms with Crippen LogP contribution >= 0.6 is 0 Å². The fourth-order valence-corrected chi connectivity index (χ4v) is 4.06. The monoisotopic (exact) mass is 532 g/mol. The number of methoxy groups -OCH3 is 1. The van der Waals surface area contributed by atoms with Crippen LogP contribution in [0.5, 0.6) is 0 Å². The first-order chi connectivity index (χ1) is 17.7. The molecule has 2 rings (SSSR count). The van der Waals surface area contributed by atoms with Crippen LogP contribution in [0.2, 0.25) is 0 Å². The summed E-state index contributed by atoms with van der Waals surface area (Å²) in [5.74, 6) is -2.38. The highest BCUT2D eigenvalue weighted by Crippen LogP contribution is 2.34. The van der Waals surface area contributed by atoms with E-state index in [2.05, 4.69) is 15.4 Å². The summed E-state index contributed by atoms with van der Waals surface area (Å²) in [4.78, 5) is 65.0. The molecule has 1 aliphatic carbocycles. The van der Waals surface area contributed by atoms with Crippen LogP contribution in [0.1, 0.15) is 75.6 Å². The van der Waals surface area contributed by atoms with E-state index in [1.807, 2.05) is 26.0 Å². The zero-order valence-corrected chi connectivity index (χ0v) is 23.1. The number of esters is 1. The number of benzene rings is 1. The maximum absolute atomic E-state index is 14.1. The van der Waals surface area contributed by atoms with Crippen LogP contribution in [0.3, 0.4) is 0 Å². The molecule has 0 bridgehead atoms. The number of hydrogen-bond donors (Lipinski definition) is 3. The average Bonchev–Trinajstić information content (AvgIpc) is 2.78. The number of rotatable bonds is 11. The molecule has 1 aromatic carbocycles. The van der Waals surface area contributed by atoms with Crippen LogP contribution in [0.15, 0.2) is 18.2 Å². The van der Waals surface area contributed by atoms with Gasteiger partial charge in [-0.2, -0.15) is 0 Å². The normalized spacial score (nSPS) is 14.9. The summed E-state index contributed by atoms with van der Waals surface area (Å²) in [5, 5.41) is 5.14. The van der Waals surface area contributed by atoms with Gasteiger partial charge in [-0.25, -0.2) is 4.79 Å². The maximum Gasteiger partial charge on any atom is 0.408 e. The van der Waals surface area contributed by atoms with Gasteiger partial charge in [0.2, 0.25) is 17.7 Å². The third kappa shape index (κ3) is 8.74. The van der Waals surface area contributed by atoms with Crippen molar-refractivity contribution in [1.29, 1.82) is 0 Å². The molecule has 1 aliphatic rings. The minimum atomic E-state index is -1.17. The molecule has 0 radical (unpaired) electrons. The van der Waals surface area contributed by atoms with E-state index in [1.165, 1.54) is 12.0 Å². The second-order valence-electron chi connectivity index (χ2n) is 10.6. The number of alkyl carbamates (subject to hydrolysis) is 1. The smallest absolute Gasteiger partial charge is 0.408 e. The topological polar surface area (TPSA) is 157 Å². The molecule has 4 amide bonds. The molecular formula is C27H40N4O7. The van der Waals surface area contributed by atoms with Gasteiger partial charge in [0.15, 0.2) is 0 Å². The largest absolute Gasteiger partial charge is 0.468 e. The van der Waals surface area contributed by atoms with E-state index in [-0.39, 0.29) is 25.4 Å².